The first kappa shape index (κ1) is 23.2. The van der Waals surface area contributed by atoms with Crippen LogP contribution in [-0.2, 0) is 4.79 Å². The number of ether oxygens (including phenoxy) is 4. The van der Waals surface area contributed by atoms with Crippen LogP contribution in [0.2, 0.25) is 5.02 Å². The summed E-state index contributed by atoms with van der Waals surface area (Å²) in [6.07, 6.45) is 1.67. The van der Waals surface area contributed by atoms with Crippen LogP contribution in [-0.4, -0.2) is 31.7 Å². The highest BCUT2D eigenvalue weighted by atomic mass is 35.5. The van der Waals surface area contributed by atoms with E-state index < -0.39 is 0 Å². The highest BCUT2D eigenvalue weighted by molar-refractivity contribution is 6.32. The minimum Gasteiger partial charge on any atom is -0.493 e. The molecule has 0 saturated carbocycles. The number of hydrogen-bond donors (Lipinski definition) is 1. The Kier molecular flexibility index (Phi) is 7.04. The lowest BCUT2D eigenvalue weighted by atomic mass is 10.1. The largest absolute Gasteiger partial charge is 0.493 e. The number of anilines is 1. The van der Waals surface area contributed by atoms with Gasteiger partial charge in [0.05, 0.1) is 24.8 Å². The molecule has 4 aromatic rings. The first-order valence-electron chi connectivity index (χ1n) is 10.4. The Bertz CT molecular complexity index is 1340. The number of benzene rings is 3. The molecule has 34 heavy (non-hydrogen) atoms. The number of nitrogens with zero attached hydrogens (tertiary/aromatic N) is 1. The van der Waals surface area contributed by atoms with Crippen molar-refractivity contribution in [2.24, 2.45) is 0 Å². The number of carbonyl (C=O) groups excluding carboxylic acids is 1. The summed E-state index contributed by atoms with van der Waals surface area (Å²) in [4.78, 5) is 16.7. The van der Waals surface area contributed by atoms with Crippen LogP contribution in [0.5, 0.6) is 28.7 Å². The lowest BCUT2D eigenvalue weighted by Crippen LogP contribution is -2.20. The average molecular weight is 479 g/mol. The number of aromatic nitrogens is 1. The molecule has 0 spiro atoms. The number of fused-ring (bicyclic) bond motifs is 1. The molecular formula is C26H23ClN2O5. The van der Waals surface area contributed by atoms with Gasteiger partial charge in [0.15, 0.2) is 18.1 Å². The second kappa shape index (κ2) is 10.3. The smallest absolute Gasteiger partial charge is 0.262 e. The molecule has 0 saturated heterocycles. The standard InChI is InChI=1S/C26H23ClN2O5/c1-16-12-17(29-26(30)15-33-23-7-5-4-6-19(23)27)8-9-21(16)34-22-10-11-28-20-14-25(32-3)24(31-2)13-18(20)22/h4-14H,15H2,1-3H3,(H,29,30). The van der Waals surface area contributed by atoms with Crippen molar-refractivity contribution in [3.8, 4) is 28.7 Å². The maximum atomic E-state index is 12.3. The zero-order valence-corrected chi connectivity index (χ0v) is 19.7. The summed E-state index contributed by atoms with van der Waals surface area (Å²) in [5, 5.41) is 4.05. The molecule has 1 amide bonds. The van der Waals surface area contributed by atoms with Crippen LogP contribution >= 0.6 is 11.6 Å². The van der Waals surface area contributed by atoms with Gasteiger partial charge in [0.1, 0.15) is 17.2 Å². The molecule has 0 atom stereocenters. The number of para-hydroxylation sites is 1. The van der Waals surface area contributed by atoms with Crippen molar-refractivity contribution in [1.29, 1.82) is 0 Å². The van der Waals surface area contributed by atoms with E-state index in [2.05, 4.69) is 10.3 Å². The van der Waals surface area contributed by atoms with E-state index in [1.54, 1.807) is 68.9 Å². The molecule has 174 valence electrons. The van der Waals surface area contributed by atoms with E-state index >= 15 is 0 Å². The summed E-state index contributed by atoms with van der Waals surface area (Å²) in [6, 6.07) is 17.8. The van der Waals surface area contributed by atoms with Gasteiger partial charge in [-0.1, -0.05) is 23.7 Å². The second-order valence-electron chi connectivity index (χ2n) is 7.38. The Morgan fingerprint density at radius 2 is 1.68 bits per heavy atom. The van der Waals surface area contributed by atoms with Gasteiger partial charge in [0.25, 0.3) is 5.91 Å². The minimum absolute atomic E-state index is 0.157. The predicted octanol–water partition coefficient (Wildman–Crippen LogP) is 6.02. The molecule has 1 N–H and O–H groups in total. The van der Waals surface area contributed by atoms with E-state index in [9.17, 15) is 4.79 Å². The zero-order chi connectivity index (χ0) is 24.1. The van der Waals surface area contributed by atoms with Gasteiger partial charge in [-0.05, 0) is 55.0 Å². The molecule has 0 aliphatic carbocycles. The predicted molar refractivity (Wildman–Crippen MR) is 132 cm³/mol. The summed E-state index contributed by atoms with van der Waals surface area (Å²) in [7, 11) is 3.16. The number of hydrogen-bond acceptors (Lipinski definition) is 6. The molecule has 1 heterocycles. The van der Waals surface area contributed by atoms with E-state index in [1.165, 1.54) is 0 Å². The number of methoxy groups -OCH3 is 2. The SMILES string of the molecule is COc1cc2nccc(Oc3ccc(NC(=O)COc4ccccc4Cl)cc3C)c2cc1OC. The molecule has 1 aromatic heterocycles. The molecule has 7 nitrogen and oxygen atoms in total. The topological polar surface area (TPSA) is 78.9 Å². The van der Waals surface area contributed by atoms with Crippen LogP contribution in [0.4, 0.5) is 5.69 Å². The highest BCUT2D eigenvalue weighted by Gasteiger charge is 2.13. The molecule has 3 aromatic carbocycles. The van der Waals surface area contributed by atoms with E-state index in [0.29, 0.717) is 39.5 Å². The normalized spacial score (nSPS) is 10.6. The van der Waals surface area contributed by atoms with Gasteiger partial charge < -0.3 is 24.3 Å². The number of rotatable bonds is 8. The molecule has 0 unspecified atom stereocenters. The van der Waals surface area contributed by atoms with Gasteiger partial charge in [0.2, 0.25) is 0 Å². The molecule has 0 aliphatic rings. The van der Waals surface area contributed by atoms with Crippen molar-refractivity contribution in [2.75, 3.05) is 26.1 Å². The third kappa shape index (κ3) is 5.15. The van der Waals surface area contributed by atoms with Crippen LogP contribution in [0.3, 0.4) is 0 Å². The Labute approximate surface area is 202 Å². The Hall–Kier alpha value is -3.97. The third-order valence-corrected chi connectivity index (χ3v) is 5.39. The second-order valence-corrected chi connectivity index (χ2v) is 7.79. The van der Waals surface area contributed by atoms with Crippen LogP contribution < -0.4 is 24.3 Å². The Balaban J connectivity index is 1.48. The Morgan fingerprint density at radius 1 is 0.912 bits per heavy atom. The van der Waals surface area contributed by atoms with Gasteiger partial charge in [0, 0.05) is 23.3 Å². The van der Waals surface area contributed by atoms with Crippen molar-refractivity contribution >= 4 is 34.1 Å². The van der Waals surface area contributed by atoms with Crippen molar-refractivity contribution in [2.45, 2.75) is 6.92 Å². The summed E-state index contributed by atoms with van der Waals surface area (Å²) in [5.41, 5.74) is 2.19. The summed E-state index contributed by atoms with van der Waals surface area (Å²) >= 11 is 6.05. The van der Waals surface area contributed by atoms with Crippen LogP contribution in [0.15, 0.2) is 66.9 Å². The fourth-order valence-electron chi connectivity index (χ4n) is 3.40. The van der Waals surface area contributed by atoms with E-state index in [0.717, 1.165) is 16.5 Å². The van der Waals surface area contributed by atoms with E-state index in [-0.39, 0.29) is 12.5 Å². The van der Waals surface area contributed by atoms with Crippen LogP contribution in [0, 0.1) is 6.92 Å². The Morgan fingerprint density at radius 3 is 2.41 bits per heavy atom. The highest BCUT2D eigenvalue weighted by Crippen LogP contribution is 2.37. The molecule has 0 radical (unpaired) electrons. The van der Waals surface area contributed by atoms with Crippen molar-refractivity contribution in [3.63, 3.8) is 0 Å². The molecule has 4 rings (SSSR count). The van der Waals surface area contributed by atoms with Crippen molar-refractivity contribution in [1.82, 2.24) is 4.98 Å². The summed E-state index contributed by atoms with van der Waals surface area (Å²) < 4.78 is 22.4. The van der Waals surface area contributed by atoms with E-state index in [1.807, 2.05) is 19.1 Å². The number of amides is 1. The van der Waals surface area contributed by atoms with E-state index in [4.69, 9.17) is 30.5 Å². The van der Waals surface area contributed by atoms with Gasteiger partial charge in [-0.25, -0.2) is 0 Å². The maximum Gasteiger partial charge on any atom is 0.262 e. The number of halogens is 1. The number of carbonyl (C=O) groups is 1. The third-order valence-electron chi connectivity index (χ3n) is 5.08. The monoisotopic (exact) mass is 478 g/mol. The molecule has 0 fully saturated rings. The lowest BCUT2D eigenvalue weighted by Gasteiger charge is -2.14. The van der Waals surface area contributed by atoms with Crippen LogP contribution in [0.1, 0.15) is 5.56 Å². The molecule has 0 bridgehead atoms. The summed E-state index contributed by atoms with van der Waals surface area (Å²) in [6.45, 7) is 1.74. The molecule has 0 aliphatic heterocycles. The van der Waals surface area contributed by atoms with Crippen LogP contribution in [0.25, 0.3) is 10.9 Å². The first-order chi connectivity index (χ1) is 16.5. The molecule has 8 heteroatoms. The van der Waals surface area contributed by atoms with Gasteiger partial charge >= 0.3 is 0 Å². The minimum atomic E-state index is -0.297. The average Bonchev–Trinajstić information content (AvgIpc) is 2.84. The number of nitrogens with one attached hydrogen (secondary N) is 1. The first-order valence-corrected chi connectivity index (χ1v) is 10.8. The maximum absolute atomic E-state index is 12.3. The lowest BCUT2D eigenvalue weighted by molar-refractivity contribution is -0.118. The number of pyridine rings is 1. The van der Waals surface area contributed by atoms with Gasteiger partial charge in [-0.15, -0.1) is 0 Å². The molecular weight excluding hydrogens is 456 g/mol. The van der Waals surface area contributed by atoms with Crippen molar-refractivity contribution < 1.29 is 23.7 Å². The summed E-state index contributed by atoms with van der Waals surface area (Å²) in [5.74, 6) is 2.61. The van der Waals surface area contributed by atoms with Gasteiger partial charge in [-0.3, -0.25) is 9.78 Å². The number of aryl methyl sites for hydroxylation is 1. The fraction of sp³-hybridized carbons (Fsp3) is 0.154. The quantitative estimate of drug-likeness (QED) is 0.333. The van der Waals surface area contributed by atoms with Crippen molar-refractivity contribution in [3.05, 3.63) is 77.4 Å². The fourth-order valence-corrected chi connectivity index (χ4v) is 3.59. The van der Waals surface area contributed by atoms with Gasteiger partial charge in [-0.2, -0.15) is 0 Å². The zero-order valence-electron chi connectivity index (χ0n) is 18.9.